The molecule has 2 aromatic carbocycles. The quantitative estimate of drug-likeness (QED) is 0.409. The Morgan fingerprint density at radius 1 is 1.21 bits per heavy atom. The molecule has 1 N–H and O–H groups in total. The second-order valence-corrected chi connectivity index (χ2v) is 8.33. The second kappa shape index (κ2) is 10.0. The van der Waals surface area contributed by atoms with Crippen LogP contribution in [0.5, 0.6) is 0 Å². The Labute approximate surface area is 175 Å². The lowest BCUT2D eigenvalue weighted by Crippen LogP contribution is -2.22. The van der Waals surface area contributed by atoms with E-state index in [1.165, 1.54) is 42.1 Å². The van der Waals surface area contributed by atoms with E-state index in [1.807, 2.05) is 6.92 Å². The van der Waals surface area contributed by atoms with Crippen LogP contribution in [0.25, 0.3) is 0 Å². The summed E-state index contributed by atoms with van der Waals surface area (Å²) >= 11 is 4.50. The first-order valence-corrected chi connectivity index (χ1v) is 10.3. The number of hydrogen-bond acceptors (Lipinski definition) is 4. The number of halogens is 3. The first-order chi connectivity index (χ1) is 13.2. The molecule has 0 aromatic heterocycles. The number of rotatable bonds is 7. The van der Waals surface area contributed by atoms with Crippen LogP contribution in [0.4, 0.5) is 14.5 Å². The number of amides is 1. The lowest BCUT2D eigenvalue weighted by atomic mass is 10.2. The highest BCUT2D eigenvalue weighted by Crippen LogP contribution is 2.36. The number of esters is 1. The van der Waals surface area contributed by atoms with Crippen molar-refractivity contribution in [3.63, 3.8) is 0 Å². The summed E-state index contributed by atoms with van der Waals surface area (Å²) in [4.78, 5) is 25.1. The van der Waals surface area contributed by atoms with E-state index < -0.39 is 22.8 Å². The van der Waals surface area contributed by atoms with Crippen LogP contribution in [-0.4, -0.2) is 23.2 Å². The maximum absolute atomic E-state index is 14.3. The van der Waals surface area contributed by atoms with Crippen LogP contribution in [0.2, 0.25) is 0 Å². The zero-order valence-electron chi connectivity index (χ0n) is 15.6. The molecule has 150 valence electrons. The van der Waals surface area contributed by atoms with E-state index in [0.29, 0.717) is 15.8 Å². The first-order valence-electron chi connectivity index (χ1n) is 8.64. The summed E-state index contributed by atoms with van der Waals surface area (Å²) < 4.78 is 33.3. The molecule has 0 aliphatic heterocycles. The van der Waals surface area contributed by atoms with Crippen LogP contribution in [0.3, 0.4) is 0 Å². The van der Waals surface area contributed by atoms with Crippen LogP contribution in [0.1, 0.15) is 37.6 Å². The fourth-order valence-electron chi connectivity index (χ4n) is 2.30. The minimum atomic E-state index is -0.654. The molecule has 0 heterocycles. The average Bonchev–Trinajstić information content (AvgIpc) is 2.62. The molecule has 0 bridgehead atoms. The van der Waals surface area contributed by atoms with Gasteiger partial charge in [0.25, 0.3) is 5.91 Å². The van der Waals surface area contributed by atoms with Gasteiger partial charge < -0.3 is 10.1 Å². The summed E-state index contributed by atoms with van der Waals surface area (Å²) in [7, 11) is 0. The molecule has 8 heteroatoms. The van der Waals surface area contributed by atoms with Gasteiger partial charge in [-0.1, -0.05) is 13.0 Å². The molecule has 2 rings (SSSR count). The smallest absolute Gasteiger partial charge is 0.319 e. The summed E-state index contributed by atoms with van der Waals surface area (Å²) in [6.45, 7) is 5.38. The van der Waals surface area contributed by atoms with Crippen molar-refractivity contribution < 1.29 is 23.1 Å². The molecule has 0 aliphatic carbocycles. The number of benzene rings is 2. The molecule has 0 saturated carbocycles. The SMILES string of the molecule is CCC(Sc1cc(NC(=O)c2cccc(F)c2)c(F)cc1Br)C(=O)OC(C)C. The van der Waals surface area contributed by atoms with Gasteiger partial charge in [-0.2, -0.15) is 0 Å². The van der Waals surface area contributed by atoms with Crippen LogP contribution >= 0.6 is 27.7 Å². The molecule has 0 aliphatic rings. The average molecular weight is 472 g/mol. The van der Waals surface area contributed by atoms with Crippen molar-refractivity contribution in [3.8, 4) is 0 Å². The number of hydrogen-bond donors (Lipinski definition) is 1. The third-order valence-corrected chi connectivity index (χ3v) is 5.93. The monoisotopic (exact) mass is 471 g/mol. The summed E-state index contributed by atoms with van der Waals surface area (Å²) in [6.07, 6.45) is 0.283. The molecule has 0 fully saturated rings. The first kappa shape index (κ1) is 22.4. The van der Waals surface area contributed by atoms with Gasteiger partial charge in [0.1, 0.15) is 16.9 Å². The lowest BCUT2D eigenvalue weighted by Gasteiger charge is -2.17. The van der Waals surface area contributed by atoms with Crippen LogP contribution < -0.4 is 5.32 Å². The van der Waals surface area contributed by atoms with Gasteiger partial charge in [-0.25, -0.2) is 8.78 Å². The van der Waals surface area contributed by atoms with Gasteiger partial charge in [0.15, 0.2) is 0 Å². The third kappa shape index (κ3) is 6.04. The van der Waals surface area contributed by atoms with E-state index in [-0.39, 0.29) is 23.3 Å². The van der Waals surface area contributed by atoms with Crippen molar-refractivity contribution in [2.24, 2.45) is 0 Å². The number of ether oxygens (including phenoxy) is 1. The molecule has 0 spiro atoms. The molecular weight excluding hydrogens is 452 g/mol. The summed E-state index contributed by atoms with van der Waals surface area (Å²) in [5.74, 6) is -2.21. The van der Waals surface area contributed by atoms with E-state index in [4.69, 9.17) is 4.74 Å². The van der Waals surface area contributed by atoms with Gasteiger partial charge in [-0.15, -0.1) is 11.8 Å². The Bertz CT molecular complexity index is 877. The predicted molar refractivity (Wildman–Crippen MR) is 110 cm³/mol. The van der Waals surface area contributed by atoms with Crippen molar-refractivity contribution in [2.75, 3.05) is 5.32 Å². The number of anilines is 1. The van der Waals surface area contributed by atoms with Gasteiger partial charge in [-0.05, 0) is 66.5 Å². The normalized spacial score (nSPS) is 12.0. The minimum Gasteiger partial charge on any atom is -0.462 e. The topological polar surface area (TPSA) is 55.4 Å². The Hall–Kier alpha value is -1.93. The van der Waals surface area contributed by atoms with Crippen LogP contribution in [-0.2, 0) is 9.53 Å². The van der Waals surface area contributed by atoms with Crippen molar-refractivity contribution in [3.05, 3.63) is 58.1 Å². The summed E-state index contributed by atoms with van der Waals surface area (Å²) in [5, 5.41) is 1.97. The standard InChI is InChI=1S/C20H20BrF2NO3S/c1-4-17(20(26)27-11(2)3)28-18-10-16(15(23)9-14(18)21)24-19(25)12-6-5-7-13(22)8-12/h5-11,17H,4H2,1-3H3,(H,24,25). The molecule has 1 atom stereocenters. The minimum absolute atomic E-state index is 0.0629. The molecule has 1 unspecified atom stereocenters. The fourth-order valence-corrected chi connectivity index (χ4v) is 3.88. The molecule has 2 aromatic rings. The van der Waals surface area contributed by atoms with Crippen molar-refractivity contribution in [2.45, 2.75) is 43.4 Å². The third-order valence-electron chi connectivity index (χ3n) is 3.61. The van der Waals surface area contributed by atoms with Crippen LogP contribution in [0, 0.1) is 11.6 Å². The van der Waals surface area contributed by atoms with Crippen LogP contribution in [0.15, 0.2) is 45.8 Å². The zero-order chi connectivity index (χ0) is 20.8. The zero-order valence-corrected chi connectivity index (χ0v) is 18.0. The summed E-state index contributed by atoms with van der Waals surface area (Å²) in [5.41, 5.74) is 0.00973. The molecule has 4 nitrogen and oxygen atoms in total. The maximum Gasteiger partial charge on any atom is 0.319 e. The highest BCUT2D eigenvalue weighted by molar-refractivity contribution is 9.10. The lowest BCUT2D eigenvalue weighted by molar-refractivity contribution is -0.146. The Morgan fingerprint density at radius 2 is 1.93 bits per heavy atom. The molecule has 1 amide bonds. The number of carbonyl (C=O) groups is 2. The van der Waals surface area contributed by atoms with Gasteiger partial charge in [-0.3, -0.25) is 9.59 Å². The van der Waals surface area contributed by atoms with E-state index in [1.54, 1.807) is 13.8 Å². The van der Waals surface area contributed by atoms with E-state index >= 15 is 0 Å². The Kier molecular flexibility index (Phi) is 8.00. The van der Waals surface area contributed by atoms with E-state index in [9.17, 15) is 18.4 Å². The second-order valence-electron chi connectivity index (χ2n) is 6.23. The number of carbonyl (C=O) groups excluding carboxylic acids is 2. The van der Waals surface area contributed by atoms with Gasteiger partial charge in [0, 0.05) is 14.9 Å². The number of thioether (sulfide) groups is 1. The van der Waals surface area contributed by atoms with Gasteiger partial charge in [0.2, 0.25) is 0 Å². The van der Waals surface area contributed by atoms with Gasteiger partial charge in [0.05, 0.1) is 11.8 Å². The molecule has 28 heavy (non-hydrogen) atoms. The van der Waals surface area contributed by atoms with Crippen molar-refractivity contribution in [1.82, 2.24) is 0 Å². The number of nitrogens with one attached hydrogen (secondary N) is 1. The molecule has 0 radical (unpaired) electrons. The van der Waals surface area contributed by atoms with Gasteiger partial charge >= 0.3 is 5.97 Å². The highest BCUT2D eigenvalue weighted by atomic mass is 79.9. The Balaban J connectivity index is 2.23. The maximum atomic E-state index is 14.3. The fraction of sp³-hybridized carbons (Fsp3) is 0.300. The molecular formula is C20H20BrF2NO3S. The van der Waals surface area contributed by atoms with E-state index in [0.717, 1.165) is 6.07 Å². The highest BCUT2D eigenvalue weighted by Gasteiger charge is 2.23. The predicted octanol–water partition coefficient (Wildman–Crippen LogP) is 5.80. The Morgan fingerprint density at radius 3 is 2.54 bits per heavy atom. The van der Waals surface area contributed by atoms with E-state index in [2.05, 4.69) is 21.2 Å². The van der Waals surface area contributed by atoms with Crippen molar-refractivity contribution >= 4 is 45.3 Å². The molecule has 0 saturated heterocycles. The largest absolute Gasteiger partial charge is 0.462 e. The van der Waals surface area contributed by atoms with Crippen molar-refractivity contribution in [1.29, 1.82) is 0 Å². The summed E-state index contributed by atoms with van der Waals surface area (Å²) in [6, 6.07) is 7.76.